The SMILES string of the molecule is CCCCCCCCCC(=O)O[C@H](COC(=O)CCCCCCC)COP(=O)(O)OC[C@H](O)COP(=O)(O)OC[C@@H](COC(=O)CCCCCCCCCCCCC(C)CC)OC(=O)CCCCCCCCCCCCCCCCCCCCC(C)C. The lowest BCUT2D eigenvalue weighted by atomic mass is 9.99. The zero-order valence-electron chi connectivity index (χ0n) is 56.3. The number of rotatable bonds is 67. The average Bonchev–Trinajstić information content (AvgIpc) is 3.62. The maximum Gasteiger partial charge on any atom is 0.472 e. The minimum absolute atomic E-state index is 0.103. The molecule has 0 aliphatic rings. The van der Waals surface area contributed by atoms with E-state index in [1.165, 1.54) is 141 Å². The van der Waals surface area contributed by atoms with Crippen LogP contribution in [0.2, 0.25) is 0 Å². The van der Waals surface area contributed by atoms with Crippen molar-refractivity contribution in [2.24, 2.45) is 11.8 Å². The van der Waals surface area contributed by atoms with Gasteiger partial charge in [0.05, 0.1) is 26.4 Å². The zero-order chi connectivity index (χ0) is 64.3. The zero-order valence-corrected chi connectivity index (χ0v) is 58.1. The third kappa shape index (κ3) is 61.3. The van der Waals surface area contributed by atoms with Gasteiger partial charge in [-0.1, -0.05) is 292 Å². The van der Waals surface area contributed by atoms with Crippen molar-refractivity contribution in [3.05, 3.63) is 0 Å². The average molecular weight is 1280 g/mol. The second-order valence-electron chi connectivity index (χ2n) is 25.3. The Bertz CT molecular complexity index is 1700. The molecule has 17 nitrogen and oxygen atoms in total. The lowest BCUT2D eigenvalue weighted by molar-refractivity contribution is -0.161. The molecule has 6 atom stereocenters. The molecule has 19 heteroatoms. The molecule has 0 aromatic rings. The van der Waals surface area contributed by atoms with E-state index in [4.69, 9.17) is 37.0 Å². The molecule has 0 aliphatic carbocycles. The molecular weight excluding hydrogens is 1150 g/mol. The van der Waals surface area contributed by atoms with Crippen LogP contribution in [0.4, 0.5) is 0 Å². The van der Waals surface area contributed by atoms with Gasteiger partial charge in [0.1, 0.15) is 19.3 Å². The molecule has 0 aromatic carbocycles. The number of hydrogen-bond acceptors (Lipinski definition) is 15. The summed E-state index contributed by atoms with van der Waals surface area (Å²) < 4.78 is 67.8. The lowest BCUT2D eigenvalue weighted by Gasteiger charge is -2.21. The maximum atomic E-state index is 13.0. The number of carbonyl (C=O) groups excluding carboxylic acids is 4. The Hall–Kier alpha value is -1.94. The van der Waals surface area contributed by atoms with Gasteiger partial charge in [0.25, 0.3) is 0 Å². The molecule has 0 amide bonds. The third-order valence-electron chi connectivity index (χ3n) is 16.1. The first kappa shape index (κ1) is 85.1. The first-order valence-corrected chi connectivity index (χ1v) is 38.5. The molecule has 0 aliphatic heterocycles. The van der Waals surface area contributed by atoms with Gasteiger partial charge in [-0.2, -0.15) is 0 Å². The van der Waals surface area contributed by atoms with Crippen molar-refractivity contribution in [3.63, 3.8) is 0 Å². The molecule has 0 radical (unpaired) electrons. The molecule has 3 N–H and O–H groups in total. The summed E-state index contributed by atoms with van der Waals surface area (Å²) in [7, 11) is -9.88. The van der Waals surface area contributed by atoms with Crippen LogP contribution in [0.1, 0.15) is 343 Å². The van der Waals surface area contributed by atoms with Crippen LogP contribution in [-0.2, 0) is 65.4 Å². The molecule has 0 saturated heterocycles. The summed E-state index contributed by atoms with van der Waals surface area (Å²) in [6.07, 6.45) is 45.1. The monoisotopic (exact) mass is 1280 g/mol. The predicted molar refractivity (Wildman–Crippen MR) is 349 cm³/mol. The number of ether oxygens (including phenoxy) is 4. The number of carbonyl (C=O) groups is 4. The van der Waals surface area contributed by atoms with E-state index in [-0.39, 0.29) is 25.7 Å². The van der Waals surface area contributed by atoms with Gasteiger partial charge in [-0.15, -0.1) is 0 Å². The Labute approximate surface area is 530 Å². The molecule has 0 spiro atoms. The van der Waals surface area contributed by atoms with Crippen LogP contribution in [0.25, 0.3) is 0 Å². The molecular formula is C68H132O17P2. The number of hydrogen-bond donors (Lipinski definition) is 3. The standard InChI is InChI=1S/C68H132O17P2/c1-7-10-12-14-31-40-46-52-67(72)84-63(56-78-65(70)50-44-36-13-11-8-2)58-82-86(74,75)80-54-62(69)55-81-87(76,77)83-59-64(57-79-66(71)51-45-39-34-29-26-25-28-33-38-43-49-61(6)9-3)85-68(73)53-47-41-35-30-24-22-20-18-16-15-17-19-21-23-27-32-37-42-48-60(4)5/h60-64,69H,7-59H2,1-6H3,(H,74,75)(H,76,77)/t61?,62-,63+,64+/m0/s1. The number of aliphatic hydroxyl groups excluding tert-OH is 1. The number of unbranched alkanes of at least 4 members (excludes halogenated alkanes) is 36. The van der Waals surface area contributed by atoms with Crippen LogP contribution in [0.3, 0.4) is 0 Å². The highest BCUT2D eigenvalue weighted by Crippen LogP contribution is 2.45. The number of esters is 4. The van der Waals surface area contributed by atoms with E-state index in [0.717, 1.165) is 121 Å². The van der Waals surface area contributed by atoms with E-state index >= 15 is 0 Å². The number of phosphoric acid groups is 2. The Balaban J connectivity index is 5.09. The van der Waals surface area contributed by atoms with Crippen molar-refractivity contribution in [1.82, 2.24) is 0 Å². The van der Waals surface area contributed by atoms with Crippen LogP contribution >= 0.6 is 15.6 Å². The molecule has 0 aromatic heterocycles. The Morgan fingerprint density at radius 1 is 0.333 bits per heavy atom. The summed E-state index contributed by atoms with van der Waals surface area (Å²) >= 11 is 0. The number of aliphatic hydroxyl groups is 1. The van der Waals surface area contributed by atoms with Crippen molar-refractivity contribution in [2.75, 3.05) is 39.6 Å². The molecule has 0 heterocycles. The minimum Gasteiger partial charge on any atom is -0.462 e. The molecule has 0 saturated carbocycles. The quantitative estimate of drug-likeness (QED) is 0.0222. The van der Waals surface area contributed by atoms with E-state index < -0.39 is 97.5 Å². The fourth-order valence-corrected chi connectivity index (χ4v) is 11.8. The highest BCUT2D eigenvalue weighted by molar-refractivity contribution is 7.47. The summed E-state index contributed by atoms with van der Waals surface area (Å²) in [4.78, 5) is 72.0. The summed E-state index contributed by atoms with van der Waals surface area (Å²) in [5.74, 6) is -0.514. The van der Waals surface area contributed by atoms with Crippen LogP contribution in [-0.4, -0.2) is 96.7 Å². The van der Waals surface area contributed by atoms with Crippen molar-refractivity contribution in [1.29, 1.82) is 0 Å². The van der Waals surface area contributed by atoms with Crippen molar-refractivity contribution >= 4 is 39.5 Å². The Morgan fingerprint density at radius 3 is 0.874 bits per heavy atom. The fraction of sp³-hybridized carbons (Fsp3) is 0.941. The summed E-state index contributed by atoms with van der Waals surface area (Å²) in [5, 5.41) is 10.5. The van der Waals surface area contributed by atoms with Crippen LogP contribution in [0.15, 0.2) is 0 Å². The second-order valence-corrected chi connectivity index (χ2v) is 28.2. The van der Waals surface area contributed by atoms with Gasteiger partial charge in [-0.05, 0) is 37.5 Å². The topological polar surface area (TPSA) is 237 Å². The first-order valence-electron chi connectivity index (χ1n) is 35.5. The van der Waals surface area contributed by atoms with E-state index in [1.54, 1.807) is 0 Å². The summed E-state index contributed by atoms with van der Waals surface area (Å²) in [6.45, 7) is 9.46. The maximum absolute atomic E-state index is 13.0. The van der Waals surface area contributed by atoms with Crippen molar-refractivity contribution in [3.8, 4) is 0 Å². The molecule has 0 rings (SSSR count). The molecule has 0 fully saturated rings. The largest absolute Gasteiger partial charge is 0.472 e. The molecule has 516 valence electrons. The predicted octanol–water partition coefficient (Wildman–Crippen LogP) is 19.2. The van der Waals surface area contributed by atoms with Gasteiger partial charge in [0.15, 0.2) is 12.2 Å². The van der Waals surface area contributed by atoms with E-state index in [9.17, 15) is 43.2 Å². The Morgan fingerprint density at radius 2 is 0.586 bits per heavy atom. The lowest BCUT2D eigenvalue weighted by Crippen LogP contribution is -2.30. The highest BCUT2D eigenvalue weighted by Gasteiger charge is 2.30. The Kier molecular flexibility index (Phi) is 59.0. The van der Waals surface area contributed by atoms with Crippen LogP contribution in [0, 0.1) is 11.8 Å². The summed E-state index contributed by atoms with van der Waals surface area (Å²) in [6, 6.07) is 0. The third-order valence-corrected chi connectivity index (χ3v) is 18.0. The molecule has 3 unspecified atom stereocenters. The fourth-order valence-electron chi connectivity index (χ4n) is 10.2. The van der Waals surface area contributed by atoms with Gasteiger partial charge in [-0.25, -0.2) is 9.13 Å². The molecule has 0 bridgehead atoms. The highest BCUT2D eigenvalue weighted by atomic mass is 31.2. The molecule has 87 heavy (non-hydrogen) atoms. The number of phosphoric ester groups is 2. The minimum atomic E-state index is -4.95. The van der Waals surface area contributed by atoms with E-state index in [2.05, 4.69) is 41.5 Å². The van der Waals surface area contributed by atoms with Crippen LogP contribution < -0.4 is 0 Å². The van der Waals surface area contributed by atoms with Crippen molar-refractivity contribution < 1.29 is 80.2 Å². The van der Waals surface area contributed by atoms with Crippen LogP contribution in [0.5, 0.6) is 0 Å². The first-order chi connectivity index (χ1) is 41.9. The van der Waals surface area contributed by atoms with E-state index in [0.29, 0.717) is 25.7 Å². The van der Waals surface area contributed by atoms with Gasteiger partial charge >= 0.3 is 39.5 Å². The smallest absolute Gasteiger partial charge is 0.462 e. The van der Waals surface area contributed by atoms with Gasteiger partial charge in [0.2, 0.25) is 0 Å². The van der Waals surface area contributed by atoms with Crippen molar-refractivity contribution in [2.45, 2.75) is 362 Å². The second kappa shape index (κ2) is 60.3. The summed E-state index contributed by atoms with van der Waals surface area (Å²) in [5.41, 5.74) is 0. The van der Waals surface area contributed by atoms with Gasteiger partial charge < -0.3 is 33.8 Å². The van der Waals surface area contributed by atoms with Gasteiger partial charge in [-0.3, -0.25) is 37.3 Å². The van der Waals surface area contributed by atoms with E-state index in [1.807, 2.05) is 0 Å². The van der Waals surface area contributed by atoms with Gasteiger partial charge in [0, 0.05) is 25.7 Å². The normalized spacial score (nSPS) is 14.5.